The highest BCUT2D eigenvalue weighted by atomic mass is 16.4. The van der Waals surface area contributed by atoms with Crippen molar-refractivity contribution < 1.29 is 9.90 Å². The standard InChI is InChI=1S/C22H37N.C5H12N2O2/c1-14-9-11-21(3)16(13-14)5-6-17-19-8-7-18(15(2)23)22(19,4)12-10-20(17)21;1-6-3-4-7(2)5(8)9/h14,16-20,23H,5-13H2,1-4H3;6H,3-4H2,1-2H3,(H,8,9). The number of carboxylic acid groups (broad SMARTS) is 1. The zero-order chi connectivity index (χ0) is 23.7. The van der Waals surface area contributed by atoms with E-state index < -0.39 is 6.09 Å². The Labute approximate surface area is 196 Å². The van der Waals surface area contributed by atoms with Crippen LogP contribution in [0, 0.1) is 51.7 Å². The third-order valence-electron chi connectivity index (χ3n) is 10.5. The molecule has 4 rings (SSSR count). The first-order chi connectivity index (χ1) is 15.0. The van der Waals surface area contributed by atoms with E-state index in [1.807, 2.05) is 0 Å². The van der Waals surface area contributed by atoms with Crippen molar-refractivity contribution in [2.24, 2.45) is 46.3 Å². The molecule has 0 saturated heterocycles. The van der Waals surface area contributed by atoms with Crippen LogP contribution in [0.2, 0.25) is 0 Å². The summed E-state index contributed by atoms with van der Waals surface area (Å²) < 4.78 is 0. The molecule has 5 heteroatoms. The number of nitrogens with zero attached hydrogens (tertiary/aromatic N) is 1. The molecule has 0 heterocycles. The zero-order valence-electron chi connectivity index (χ0n) is 21.5. The van der Waals surface area contributed by atoms with Crippen LogP contribution < -0.4 is 5.32 Å². The lowest BCUT2D eigenvalue weighted by atomic mass is 9.44. The van der Waals surface area contributed by atoms with Gasteiger partial charge in [-0.1, -0.05) is 27.2 Å². The summed E-state index contributed by atoms with van der Waals surface area (Å²) in [6.07, 6.45) is 12.2. The third kappa shape index (κ3) is 4.74. The number of likely N-dealkylation sites (N-methyl/N-ethyl adjacent to an activating group) is 2. The molecule has 0 aliphatic heterocycles. The van der Waals surface area contributed by atoms with Gasteiger partial charge in [0.2, 0.25) is 0 Å². The van der Waals surface area contributed by atoms with Crippen LogP contribution in [-0.2, 0) is 0 Å². The van der Waals surface area contributed by atoms with E-state index in [1.54, 1.807) is 14.1 Å². The van der Waals surface area contributed by atoms with Gasteiger partial charge in [0.1, 0.15) is 0 Å². The molecule has 1 amide bonds. The van der Waals surface area contributed by atoms with Crippen molar-refractivity contribution >= 4 is 11.8 Å². The molecule has 0 radical (unpaired) electrons. The van der Waals surface area contributed by atoms with Gasteiger partial charge in [-0.3, -0.25) is 0 Å². The van der Waals surface area contributed by atoms with Crippen molar-refractivity contribution in [2.45, 2.75) is 85.5 Å². The molecular formula is C27H49N3O2. The van der Waals surface area contributed by atoms with Gasteiger partial charge >= 0.3 is 6.09 Å². The van der Waals surface area contributed by atoms with Gasteiger partial charge < -0.3 is 20.7 Å². The Hall–Kier alpha value is -1.10. The van der Waals surface area contributed by atoms with Crippen molar-refractivity contribution in [3.63, 3.8) is 0 Å². The minimum Gasteiger partial charge on any atom is -0.465 e. The Morgan fingerprint density at radius 1 is 1.06 bits per heavy atom. The summed E-state index contributed by atoms with van der Waals surface area (Å²) in [5, 5.41) is 19.4. The minimum atomic E-state index is -0.884. The Kier molecular flexibility index (Phi) is 8.00. The summed E-state index contributed by atoms with van der Waals surface area (Å²) in [6.45, 7) is 11.0. The second-order valence-electron chi connectivity index (χ2n) is 12.2. The fourth-order valence-corrected chi connectivity index (χ4v) is 8.56. The number of hydrogen-bond donors (Lipinski definition) is 3. The predicted octanol–water partition coefficient (Wildman–Crippen LogP) is 6.14. The molecule has 0 aromatic rings. The van der Waals surface area contributed by atoms with Crippen LogP contribution in [0.3, 0.4) is 0 Å². The molecular weight excluding hydrogens is 398 g/mol. The normalized spacial score (nSPS) is 42.6. The van der Waals surface area contributed by atoms with Gasteiger partial charge in [0.15, 0.2) is 0 Å². The smallest absolute Gasteiger partial charge is 0.407 e. The monoisotopic (exact) mass is 447 g/mol. The number of hydrogen-bond acceptors (Lipinski definition) is 3. The number of amides is 1. The topological polar surface area (TPSA) is 76.4 Å². The van der Waals surface area contributed by atoms with Crippen molar-refractivity contribution in [2.75, 3.05) is 27.2 Å². The van der Waals surface area contributed by atoms with Gasteiger partial charge in [-0.25, -0.2) is 4.79 Å². The Morgan fingerprint density at radius 3 is 2.34 bits per heavy atom. The maximum atomic E-state index is 10.1. The average Bonchev–Trinajstić information content (AvgIpc) is 3.10. The Bertz CT molecular complexity index is 682. The average molecular weight is 448 g/mol. The highest BCUT2D eigenvalue weighted by Gasteiger charge is 2.60. The van der Waals surface area contributed by atoms with Gasteiger partial charge in [-0.05, 0) is 106 Å². The van der Waals surface area contributed by atoms with Crippen molar-refractivity contribution in [1.82, 2.24) is 10.2 Å². The van der Waals surface area contributed by atoms with Crippen LogP contribution in [0.4, 0.5) is 4.79 Å². The van der Waals surface area contributed by atoms with Crippen molar-refractivity contribution in [1.29, 1.82) is 5.41 Å². The van der Waals surface area contributed by atoms with E-state index in [-0.39, 0.29) is 0 Å². The summed E-state index contributed by atoms with van der Waals surface area (Å²) in [5.41, 5.74) is 2.08. The lowest BCUT2D eigenvalue weighted by Gasteiger charge is -2.61. The zero-order valence-corrected chi connectivity index (χ0v) is 21.5. The van der Waals surface area contributed by atoms with Gasteiger partial charge in [-0.2, -0.15) is 0 Å². The first-order valence-corrected chi connectivity index (χ1v) is 13.2. The molecule has 32 heavy (non-hydrogen) atoms. The molecule has 4 aliphatic rings. The van der Waals surface area contributed by atoms with Crippen LogP contribution in [0.5, 0.6) is 0 Å². The Morgan fingerprint density at radius 2 is 1.72 bits per heavy atom. The van der Waals surface area contributed by atoms with Gasteiger partial charge in [0, 0.05) is 31.8 Å². The van der Waals surface area contributed by atoms with Crippen LogP contribution in [0.15, 0.2) is 0 Å². The molecule has 8 unspecified atom stereocenters. The molecule has 0 spiro atoms. The largest absolute Gasteiger partial charge is 0.465 e. The summed E-state index contributed by atoms with van der Waals surface area (Å²) in [7, 11) is 3.33. The maximum Gasteiger partial charge on any atom is 0.407 e. The highest BCUT2D eigenvalue weighted by Crippen LogP contribution is 2.67. The van der Waals surface area contributed by atoms with E-state index in [2.05, 4.69) is 33.0 Å². The SMILES string of the molecule is CC(=N)C1CCC2C3CCC4CC(C)CCC4(C)C3CCC12C.CNCCN(C)C(=O)O. The highest BCUT2D eigenvalue weighted by molar-refractivity contribution is 5.82. The van der Waals surface area contributed by atoms with Crippen LogP contribution >= 0.6 is 0 Å². The molecule has 0 aromatic heterocycles. The second kappa shape index (κ2) is 10.0. The van der Waals surface area contributed by atoms with Crippen LogP contribution in [0.25, 0.3) is 0 Å². The molecule has 3 N–H and O–H groups in total. The van der Waals surface area contributed by atoms with Gasteiger partial charge in [-0.15, -0.1) is 0 Å². The lowest BCUT2D eigenvalue weighted by Crippen LogP contribution is -2.53. The van der Waals surface area contributed by atoms with Crippen molar-refractivity contribution in [3.05, 3.63) is 0 Å². The Balaban J connectivity index is 0.000000275. The van der Waals surface area contributed by atoms with Gasteiger partial charge in [0.05, 0.1) is 0 Å². The van der Waals surface area contributed by atoms with Crippen LogP contribution in [-0.4, -0.2) is 49.0 Å². The summed E-state index contributed by atoms with van der Waals surface area (Å²) in [5.74, 6) is 5.46. The molecule has 4 fully saturated rings. The maximum absolute atomic E-state index is 10.1. The van der Waals surface area contributed by atoms with E-state index in [4.69, 9.17) is 10.5 Å². The molecule has 4 aliphatic carbocycles. The number of rotatable bonds is 4. The van der Waals surface area contributed by atoms with Crippen molar-refractivity contribution in [3.8, 4) is 0 Å². The minimum absolute atomic E-state index is 0.457. The van der Waals surface area contributed by atoms with E-state index in [1.165, 1.54) is 62.7 Å². The predicted molar refractivity (Wildman–Crippen MR) is 132 cm³/mol. The van der Waals surface area contributed by atoms with Gasteiger partial charge in [0.25, 0.3) is 0 Å². The third-order valence-corrected chi connectivity index (χ3v) is 10.5. The molecule has 0 aromatic carbocycles. The summed E-state index contributed by atoms with van der Waals surface area (Å²) in [6, 6.07) is 0. The second-order valence-corrected chi connectivity index (χ2v) is 12.2. The number of carbonyl (C=O) groups is 1. The molecule has 184 valence electrons. The van der Waals surface area contributed by atoms with E-state index in [9.17, 15) is 4.79 Å². The number of fused-ring (bicyclic) bond motifs is 5. The molecule has 8 atom stereocenters. The van der Waals surface area contributed by atoms with Crippen LogP contribution in [0.1, 0.15) is 85.5 Å². The quantitative estimate of drug-likeness (QED) is 0.453. The first-order valence-electron chi connectivity index (χ1n) is 13.2. The van der Waals surface area contributed by atoms with E-state index in [0.717, 1.165) is 35.3 Å². The summed E-state index contributed by atoms with van der Waals surface area (Å²) >= 11 is 0. The fraction of sp³-hybridized carbons (Fsp3) is 0.926. The molecule has 0 bridgehead atoms. The fourth-order valence-electron chi connectivity index (χ4n) is 8.56. The molecule has 5 nitrogen and oxygen atoms in total. The van der Waals surface area contributed by atoms with E-state index in [0.29, 0.717) is 29.8 Å². The molecule has 4 saturated carbocycles. The lowest BCUT2D eigenvalue weighted by molar-refractivity contribution is -0.113. The summed E-state index contributed by atoms with van der Waals surface area (Å²) in [4.78, 5) is 11.3. The first kappa shape index (κ1) is 25.5. The number of nitrogens with one attached hydrogen (secondary N) is 2. The van der Waals surface area contributed by atoms with E-state index >= 15 is 0 Å².